The Morgan fingerprint density at radius 1 is 1.27 bits per heavy atom. The van der Waals surface area contributed by atoms with Crippen LogP contribution in [0.3, 0.4) is 0 Å². The molecule has 1 aliphatic heterocycles. The van der Waals surface area contributed by atoms with Crippen LogP contribution < -0.4 is 9.47 Å². The van der Waals surface area contributed by atoms with E-state index in [-0.39, 0.29) is 6.61 Å². The summed E-state index contributed by atoms with van der Waals surface area (Å²) in [5, 5.41) is 15.1. The van der Waals surface area contributed by atoms with Crippen LogP contribution in [-0.2, 0) is 13.2 Å². The lowest BCUT2D eigenvalue weighted by molar-refractivity contribution is 0.265. The van der Waals surface area contributed by atoms with Crippen molar-refractivity contribution in [3.63, 3.8) is 0 Å². The highest BCUT2D eigenvalue weighted by atomic mass is 16.5. The second kappa shape index (κ2) is 6.14. The average Bonchev–Trinajstić information content (AvgIpc) is 3.10. The summed E-state index contributed by atoms with van der Waals surface area (Å²) in [6.45, 7) is 1.87. The number of fused-ring (bicyclic) bond motifs is 1. The Morgan fingerprint density at radius 3 is 2.59 bits per heavy atom. The van der Waals surface area contributed by atoms with E-state index in [0.717, 1.165) is 24.0 Å². The molecule has 1 N–H and O–H groups in total. The van der Waals surface area contributed by atoms with E-state index in [1.165, 1.54) is 12.8 Å². The minimum Gasteiger partial charge on any atom is -0.493 e. The van der Waals surface area contributed by atoms with E-state index in [2.05, 4.69) is 17.0 Å². The van der Waals surface area contributed by atoms with Crippen molar-refractivity contribution in [3.05, 3.63) is 17.8 Å². The Kier molecular flexibility index (Phi) is 4.22. The van der Waals surface area contributed by atoms with Gasteiger partial charge in [-0.05, 0) is 32.5 Å². The highest BCUT2D eigenvalue weighted by Gasteiger charge is 2.23. The lowest BCUT2D eigenvalue weighted by Crippen LogP contribution is -2.29. The number of aliphatic hydroxyl groups excluding tert-OH is 1. The number of hydrogen-bond acceptors (Lipinski definition) is 5. The SMILES string of the molecule is COc1cc2c(CO)nn(CC3CCCN3C)c2cc1OC. The summed E-state index contributed by atoms with van der Waals surface area (Å²) < 4.78 is 12.7. The van der Waals surface area contributed by atoms with Crippen LogP contribution in [0.25, 0.3) is 10.9 Å². The second-order valence-electron chi connectivity index (χ2n) is 5.79. The summed E-state index contributed by atoms with van der Waals surface area (Å²) in [6, 6.07) is 4.32. The Labute approximate surface area is 130 Å². The van der Waals surface area contributed by atoms with Gasteiger partial charge < -0.3 is 19.5 Å². The molecule has 0 aliphatic carbocycles. The fraction of sp³-hybridized carbons (Fsp3) is 0.562. The van der Waals surface area contributed by atoms with Gasteiger partial charge in [0.2, 0.25) is 0 Å². The molecule has 1 saturated heterocycles. The number of hydrogen-bond donors (Lipinski definition) is 1. The minimum atomic E-state index is -0.0838. The molecule has 1 unspecified atom stereocenters. The van der Waals surface area contributed by atoms with E-state index >= 15 is 0 Å². The van der Waals surface area contributed by atoms with Crippen LogP contribution in [0.1, 0.15) is 18.5 Å². The summed E-state index contributed by atoms with van der Waals surface area (Å²) in [5.74, 6) is 1.34. The molecule has 1 aliphatic rings. The predicted molar refractivity (Wildman–Crippen MR) is 84.4 cm³/mol. The van der Waals surface area contributed by atoms with Crippen molar-refractivity contribution in [1.29, 1.82) is 0 Å². The third-order valence-electron chi connectivity index (χ3n) is 4.54. The second-order valence-corrected chi connectivity index (χ2v) is 5.79. The van der Waals surface area contributed by atoms with E-state index in [1.807, 2.05) is 16.8 Å². The predicted octanol–water partition coefficient (Wildman–Crippen LogP) is 1.64. The lowest BCUT2D eigenvalue weighted by Gasteiger charge is -2.19. The normalized spacial score (nSPS) is 19.0. The molecule has 0 bridgehead atoms. The monoisotopic (exact) mass is 305 g/mol. The maximum absolute atomic E-state index is 9.59. The van der Waals surface area contributed by atoms with Crippen molar-refractivity contribution in [2.75, 3.05) is 27.8 Å². The van der Waals surface area contributed by atoms with Crippen LogP contribution >= 0.6 is 0 Å². The van der Waals surface area contributed by atoms with Gasteiger partial charge in [0.05, 0.1) is 38.6 Å². The highest BCUT2D eigenvalue weighted by molar-refractivity contribution is 5.85. The van der Waals surface area contributed by atoms with Gasteiger partial charge in [0, 0.05) is 17.5 Å². The van der Waals surface area contributed by atoms with E-state index in [4.69, 9.17) is 9.47 Å². The fourth-order valence-electron chi connectivity index (χ4n) is 3.23. The van der Waals surface area contributed by atoms with Gasteiger partial charge in [-0.15, -0.1) is 0 Å². The molecular weight excluding hydrogens is 282 g/mol. The first-order valence-corrected chi connectivity index (χ1v) is 7.60. The van der Waals surface area contributed by atoms with Crippen molar-refractivity contribution < 1.29 is 14.6 Å². The molecular formula is C16H23N3O3. The zero-order chi connectivity index (χ0) is 15.7. The molecule has 3 rings (SSSR count). The van der Waals surface area contributed by atoms with Crippen molar-refractivity contribution in [1.82, 2.24) is 14.7 Å². The molecule has 2 aromatic rings. The number of likely N-dealkylation sites (tertiary alicyclic amines) is 1. The molecule has 6 nitrogen and oxygen atoms in total. The third kappa shape index (κ3) is 2.53. The molecule has 1 atom stereocenters. The highest BCUT2D eigenvalue weighted by Crippen LogP contribution is 2.34. The molecule has 0 amide bonds. The molecule has 22 heavy (non-hydrogen) atoms. The molecule has 2 heterocycles. The molecule has 0 spiro atoms. The summed E-state index contributed by atoms with van der Waals surface area (Å²) in [5.41, 5.74) is 1.65. The number of aliphatic hydroxyl groups is 1. The van der Waals surface area contributed by atoms with Crippen LogP contribution in [0.4, 0.5) is 0 Å². The van der Waals surface area contributed by atoms with Gasteiger partial charge in [-0.2, -0.15) is 5.10 Å². The Balaban J connectivity index is 2.05. The zero-order valence-electron chi connectivity index (χ0n) is 13.4. The zero-order valence-corrected chi connectivity index (χ0v) is 13.4. The summed E-state index contributed by atoms with van der Waals surface area (Å²) in [4.78, 5) is 2.37. The average molecular weight is 305 g/mol. The van der Waals surface area contributed by atoms with Crippen molar-refractivity contribution in [2.24, 2.45) is 0 Å². The smallest absolute Gasteiger partial charge is 0.162 e. The van der Waals surface area contributed by atoms with Gasteiger partial charge >= 0.3 is 0 Å². The molecule has 0 radical (unpaired) electrons. The van der Waals surface area contributed by atoms with E-state index < -0.39 is 0 Å². The van der Waals surface area contributed by atoms with Gasteiger partial charge in [-0.25, -0.2) is 0 Å². The van der Waals surface area contributed by atoms with Crippen LogP contribution in [-0.4, -0.2) is 53.6 Å². The fourth-order valence-corrected chi connectivity index (χ4v) is 3.23. The van der Waals surface area contributed by atoms with Gasteiger partial charge in [0.1, 0.15) is 0 Å². The van der Waals surface area contributed by atoms with Crippen LogP contribution in [0.5, 0.6) is 11.5 Å². The number of ether oxygens (including phenoxy) is 2. The topological polar surface area (TPSA) is 59.8 Å². The van der Waals surface area contributed by atoms with Crippen molar-refractivity contribution in [2.45, 2.75) is 32.0 Å². The first-order valence-electron chi connectivity index (χ1n) is 7.60. The minimum absolute atomic E-state index is 0.0838. The van der Waals surface area contributed by atoms with E-state index in [9.17, 15) is 5.11 Å². The molecule has 6 heteroatoms. The standard InChI is InChI=1S/C16H23N3O3/c1-18-6-4-5-11(18)9-19-14-8-16(22-3)15(21-2)7-12(14)13(10-20)17-19/h7-8,11,20H,4-6,9-10H2,1-3H3. The molecule has 0 saturated carbocycles. The Hall–Kier alpha value is -1.79. The number of aromatic nitrogens is 2. The van der Waals surface area contributed by atoms with E-state index in [1.54, 1.807) is 14.2 Å². The van der Waals surface area contributed by atoms with Crippen molar-refractivity contribution in [3.8, 4) is 11.5 Å². The maximum atomic E-state index is 9.59. The molecule has 1 fully saturated rings. The van der Waals surface area contributed by atoms with Crippen LogP contribution in [0.15, 0.2) is 12.1 Å². The lowest BCUT2D eigenvalue weighted by atomic mass is 10.1. The third-order valence-corrected chi connectivity index (χ3v) is 4.54. The first kappa shape index (κ1) is 15.1. The first-order chi connectivity index (χ1) is 10.7. The summed E-state index contributed by atoms with van der Waals surface area (Å²) in [7, 11) is 5.39. The van der Waals surface area contributed by atoms with Gasteiger partial charge in [-0.1, -0.05) is 0 Å². The van der Waals surface area contributed by atoms with Gasteiger partial charge in [-0.3, -0.25) is 4.68 Å². The Bertz CT molecular complexity index is 668. The van der Waals surface area contributed by atoms with Crippen LogP contribution in [0, 0.1) is 0 Å². The van der Waals surface area contributed by atoms with Crippen LogP contribution in [0.2, 0.25) is 0 Å². The number of rotatable bonds is 5. The number of nitrogens with zero attached hydrogens (tertiary/aromatic N) is 3. The maximum Gasteiger partial charge on any atom is 0.162 e. The molecule has 1 aromatic carbocycles. The van der Waals surface area contributed by atoms with Crippen molar-refractivity contribution >= 4 is 10.9 Å². The van der Waals surface area contributed by atoms with Gasteiger partial charge in [0.25, 0.3) is 0 Å². The number of methoxy groups -OCH3 is 2. The van der Waals surface area contributed by atoms with Gasteiger partial charge in [0.15, 0.2) is 11.5 Å². The molecule has 120 valence electrons. The Morgan fingerprint density at radius 2 is 2.00 bits per heavy atom. The summed E-state index contributed by atoms with van der Waals surface area (Å²) in [6.07, 6.45) is 2.41. The van der Waals surface area contributed by atoms with E-state index in [0.29, 0.717) is 23.2 Å². The quantitative estimate of drug-likeness (QED) is 0.910. The largest absolute Gasteiger partial charge is 0.493 e. The number of benzene rings is 1. The number of likely N-dealkylation sites (N-methyl/N-ethyl adjacent to an activating group) is 1. The summed E-state index contributed by atoms with van der Waals surface area (Å²) >= 11 is 0. The molecule has 1 aromatic heterocycles.